The Morgan fingerprint density at radius 2 is 1.60 bits per heavy atom. The van der Waals surface area contributed by atoms with Gasteiger partial charge in [-0.2, -0.15) is 0 Å². The molecule has 0 atom stereocenters. The highest BCUT2D eigenvalue weighted by Crippen LogP contribution is 2.46. The lowest BCUT2D eigenvalue weighted by Gasteiger charge is -2.08. The molecule has 5 rings (SSSR count). The van der Waals surface area contributed by atoms with E-state index in [0.717, 1.165) is 12.8 Å². The molecule has 94 valence electrons. The van der Waals surface area contributed by atoms with Gasteiger partial charge in [0.05, 0.1) is 5.69 Å². The van der Waals surface area contributed by atoms with E-state index in [0.29, 0.717) is 0 Å². The first-order chi connectivity index (χ1) is 9.92. The molecule has 0 unspecified atom stereocenters. The minimum atomic E-state index is 0.975. The van der Waals surface area contributed by atoms with E-state index in [1.54, 1.807) is 0 Å². The van der Waals surface area contributed by atoms with Crippen LogP contribution in [0.25, 0.3) is 22.3 Å². The van der Waals surface area contributed by atoms with Crippen LogP contribution in [-0.4, -0.2) is 4.98 Å². The van der Waals surface area contributed by atoms with Crippen molar-refractivity contribution >= 4 is 0 Å². The highest BCUT2D eigenvalue weighted by Gasteiger charge is 2.28. The Morgan fingerprint density at radius 1 is 0.700 bits per heavy atom. The summed E-state index contributed by atoms with van der Waals surface area (Å²) in [6.07, 6.45) is 3.95. The molecule has 1 nitrogen and oxygen atoms in total. The van der Waals surface area contributed by atoms with Gasteiger partial charge >= 0.3 is 0 Å². The van der Waals surface area contributed by atoms with Crippen molar-refractivity contribution in [2.45, 2.75) is 12.8 Å². The predicted octanol–water partition coefficient (Wildman–Crippen LogP) is 4.22. The third-order valence-electron chi connectivity index (χ3n) is 4.59. The summed E-state index contributed by atoms with van der Waals surface area (Å²) >= 11 is 0. The van der Waals surface area contributed by atoms with Gasteiger partial charge in [-0.1, -0.05) is 42.5 Å². The molecule has 0 saturated carbocycles. The molecule has 0 saturated heterocycles. The first-order valence-corrected chi connectivity index (χ1v) is 7.09. The molecule has 0 spiro atoms. The SMILES string of the molecule is c1ccc2c(c1)Cc1ccc3c(c1-2)Cc1ncccc1-3. The molecule has 0 fully saturated rings. The Kier molecular flexibility index (Phi) is 1.86. The summed E-state index contributed by atoms with van der Waals surface area (Å²) in [4.78, 5) is 4.56. The van der Waals surface area contributed by atoms with Crippen molar-refractivity contribution in [1.82, 2.24) is 4.98 Å². The lowest BCUT2D eigenvalue weighted by molar-refractivity contribution is 1.12. The fourth-order valence-electron chi connectivity index (χ4n) is 3.73. The summed E-state index contributed by atoms with van der Waals surface area (Å²) in [5.41, 5.74) is 11.2. The lowest BCUT2D eigenvalue weighted by atomic mass is 9.95. The van der Waals surface area contributed by atoms with Crippen LogP contribution in [0, 0.1) is 0 Å². The van der Waals surface area contributed by atoms with E-state index in [4.69, 9.17) is 0 Å². The van der Waals surface area contributed by atoms with E-state index < -0.39 is 0 Å². The molecule has 1 heterocycles. The maximum absolute atomic E-state index is 4.56. The first-order valence-electron chi connectivity index (χ1n) is 7.09. The number of nitrogens with zero attached hydrogens (tertiary/aromatic N) is 1. The normalized spacial score (nSPS) is 13.6. The molecule has 0 amide bonds. The Hall–Kier alpha value is -2.41. The standard InChI is InChI=1S/C19H13N/c1-2-5-14-12(4-1)10-13-7-8-15-16-6-3-9-20-18(16)11-17(15)19(13)14/h1-9H,10-11H2. The van der Waals surface area contributed by atoms with Crippen molar-refractivity contribution in [1.29, 1.82) is 0 Å². The molecule has 1 aromatic heterocycles. The largest absolute Gasteiger partial charge is 0.260 e. The topological polar surface area (TPSA) is 12.9 Å². The summed E-state index contributed by atoms with van der Waals surface area (Å²) < 4.78 is 0. The Morgan fingerprint density at radius 3 is 2.60 bits per heavy atom. The van der Waals surface area contributed by atoms with E-state index in [1.807, 2.05) is 12.3 Å². The zero-order valence-corrected chi connectivity index (χ0v) is 11.1. The summed E-state index contributed by atoms with van der Waals surface area (Å²) in [7, 11) is 0. The molecule has 2 aromatic carbocycles. The van der Waals surface area contributed by atoms with Crippen LogP contribution < -0.4 is 0 Å². The van der Waals surface area contributed by atoms with Crippen molar-refractivity contribution in [3.05, 3.63) is 77.1 Å². The average Bonchev–Trinajstić information content (AvgIpc) is 3.04. The van der Waals surface area contributed by atoms with Gasteiger partial charge in [0.25, 0.3) is 0 Å². The summed E-state index contributed by atoms with van der Waals surface area (Å²) in [6, 6.07) is 17.6. The van der Waals surface area contributed by atoms with E-state index in [2.05, 4.69) is 47.4 Å². The lowest BCUT2D eigenvalue weighted by Crippen LogP contribution is -1.89. The zero-order valence-electron chi connectivity index (χ0n) is 11.1. The molecule has 0 aliphatic heterocycles. The van der Waals surface area contributed by atoms with E-state index in [9.17, 15) is 0 Å². The molecule has 1 heteroatoms. The summed E-state index contributed by atoms with van der Waals surface area (Å²) in [5, 5.41) is 0. The van der Waals surface area contributed by atoms with Crippen molar-refractivity contribution < 1.29 is 0 Å². The minimum Gasteiger partial charge on any atom is -0.260 e. The van der Waals surface area contributed by atoms with Gasteiger partial charge in [0.2, 0.25) is 0 Å². The van der Waals surface area contributed by atoms with Crippen LogP contribution in [0.5, 0.6) is 0 Å². The fourth-order valence-corrected chi connectivity index (χ4v) is 3.73. The molecule has 3 aromatic rings. The average molecular weight is 255 g/mol. The molecular formula is C19H13N. The van der Waals surface area contributed by atoms with Crippen LogP contribution in [0.4, 0.5) is 0 Å². The second-order valence-electron chi connectivity index (χ2n) is 5.63. The van der Waals surface area contributed by atoms with Crippen LogP contribution in [0.15, 0.2) is 54.7 Å². The third-order valence-corrected chi connectivity index (χ3v) is 4.59. The molecule has 0 radical (unpaired) electrons. The van der Waals surface area contributed by atoms with Gasteiger partial charge in [0.15, 0.2) is 0 Å². The number of benzene rings is 2. The quantitative estimate of drug-likeness (QED) is 0.403. The van der Waals surface area contributed by atoms with Crippen molar-refractivity contribution in [2.24, 2.45) is 0 Å². The Bertz CT molecular complexity index is 861. The molecule has 2 aliphatic rings. The number of pyridine rings is 1. The van der Waals surface area contributed by atoms with E-state index in [-0.39, 0.29) is 0 Å². The summed E-state index contributed by atoms with van der Waals surface area (Å²) in [5.74, 6) is 0. The third kappa shape index (κ3) is 1.20. The first kappa shape index (κ1) is 10.4. The maximum atomic E-state index is 4.56. The molecular weight excluding hydrogens is 242 g/mol. The van der Waals surface area contributed by atoms with Gasteiger partial charge in [-0.05, 0) is 45.9 Å². The van der Waals surface area contributed by atoms with Crippen LogP contribution in [0.3, 0.4) is 0 Å². The zero-order chi connectivity index (χ0) is 13.1. The van der Waals surface area contributed by atoms with Crippen molar-refractivity contribution in [3.8, 4) is 22.3 Å². The highest BCUT2D eigenvalue weighted by molar-refractivity contribution is 5.89. The van der Waals surface area contributed by atoms with Crippen LogP contribution in [-0.2, 0) is 12.8 Å². The molecule has 20 heavy (non-hydrogen) atoms. The van der Waals surface area contributed by atoms with Crippen LogP contribution >= 0.6 is 0 Å². The van der Waals surface area contributed by atoms with Gasteiger partial charge in [-0.3, -0.25) is 4.98 Å². The fraction of sp³-hybridized carbons (Fsp3) is 0.105. The number of hydrogen-bond acceptors (Lipinski definition) is 1. The molecule has 0 N–H and O–H groups in total. The van der Waals surface area contributed by atoms with Gasteiger partial charge in [0, 0.05) is 18.2 Å². The van der Waals surface area contributed by atoms with Crippen LogP contribution in [0.2, 0.25) is 0 Å². The smallest absolute Gasteiger partial charge is 0.0526 e. The van der Waals surface area contributed by atoms with Crippen molar-refractivity contribution in [3.63, 3.8) is 0 Å². The number of fused-ring (bicyclic) bond motifs is 7. The maximum Gasteiger partial charge on any atom is 0.0526 e. The van der Waals surface area contributed by atoms with Crippen molar-refractivity contribution in [2.75, 3.05) is 0 Å². The van der Waals surface area contributed by atoms with Gasteiger partial charge in [-0.15, -0.1) is 0 Å². The van der Waals surface area contributed by atoms with Gasteiger partial charge < -0.3 is 0 Å². The second-order valence-corrected chi connectivity index (χ2v) is 5.63. The monoisotopic (exact) mass is 255 g/mol. The highest BCUT2D eigenvalue weighted by atomic mass is 14.7. The summed E-state index contributed by atoms with van der Waals surface area (Å²) in [6.45, 7) is 0. The number of aromatic nitrogens is 1. The number of hydrogen-bond donors (Lipinski definition) is 0. The Labute approximate surface area is 117 Å². The van der Waals surface area contributed by atoms with Gasteiger partial charge in [-0.25, -0.2) is 0 Å². The van der Waals surface area contributed by atoms with Crippen LogP contribution in [0.1, 0.15) is 22.4 Å². The number of rotatable bonds is 0. The molecule has 0 bridgehead atoms. The predicted molar refractivity (Wildman–Crippen MR) is 80.7 cm³/mol. The second kappa shape index (κ2) is 3.57. The Balaban J connectivity index is 1.84. The van der Waals surface area contributed by atoms with E-state index in [1.165, 1.54) is 44.6 Å². The van der Waals surface area contributed by atoms with E-state index >= 15 is 0 Å². The minimum absolute atomic E-state index is 0.975. The molecule has 2 aliphatic carbocycles. The van der Waals surface area contributed by atoms with Gasteiger partial charge in [0.1, 0.15) is 0 Å².